The minimum absolute atomic E-state index is 0.0713. The summed E-state index contributed by atoms with van der Waals surface area (Å²) in [5.41, 5.74) is 18.5. The van der Waals surface area contributed by atoms with E-state index >= 15 is 0 Å². The summed E-state index contributed by atoms with van der Waals surface area (Å²) < 4.78 is 0. The van der Waals surface area contributed by atoms with E-state index < -0.39 is 5.41 Å². The molecule has 1 heterocycles. The van der Waals surface area contributed by atoms with E-state index in [2.05, 4.69) is 232 Å². The second-order valence-electron chi connectivity index (χ2n) is 16.3. The lowest BCUT2D eigenvalue weighted by Gasteiger charge is -2.35. The number of benzene rings is 7. The molecule has 0 fully saturated rings. The first-order chi connectivity index (χ1) is 29.5. The number of hydrogen-bond donors (Lipinski definition) is 0. The van der Waals surface area contributed by atoms with Gasteiger partial charge in [-0.3, -0.25) is 4.90 Å². The summed E-state index contributed by atoms with van der Waals surface area (Å²) in [4.78, 5) is 7.74. The number of nitrogens with zero attached hydrogens (tertiary/aromatic N) is 2. The standard InChI is InChI=1S/C58H46N2/c1-5-19-43(20-6-2)58(44-23-11-8-12-24-44)51-29-17-14-27-49(51)55-52(58)37-38-59-56(55)60(54-30-18-15-25-46(54)41-21-9-7-10-22-41)45-34-31-40(32-35-45)42-33-36-48-47-26-13-16-28-50(47)57(3,4)53(48)39-42/h5-39H,1H2,2-4H3/b20-6-,43-19+. The zero-order valence-corrected chi connectivity index (χ0v) is 34.3. The van der Waals surface area contributed by atoms with E-state index in [1.807, 2.05) is 12.3 Å². The summed E-state index contributed by atoms with van der Waals surface area (Å²) in [7, 11) is 0. The molecule has 0 radical (unpaired) electrons. The van der Waals surface area contributed by atoms with Crippen molar-refractivity contribution in [2.75, 3.05) is 4.90 Å². The van der Waals surface area contributed by atoms with Crippen molar-refractivity contribution in [2.24, 2.45) is 0 Å². The van der Waals surface area contributed by atoms with Gasteiger partial charge in [-0.25, -0.2) is 4.98 Å². The van der Waals surface area contributed by atoms with Crippen LogP contribution in [0, 0.1) is 0 Å². The molecule has 0 amide bonds. The van der Waals surface area contributed by atoms with Crippen LogP contribution in [0.5, 0.6) is 0 Å². The molecule has 0 N–H and O–H groups in total. The summed E-state index contributed by atoms with van der Waals surface area (Å²) in [6.07, 6.45) is 10.4. The van der Waals surface area contributed by atoms with Crippen LogP contribution < -0.4 is 4.90 Å². The molecule has 1 aromatic heterocycles. The number of pyridine rings is 1. The third-order valence-corrected chi connectivity index (χ3v) is 12.7. The predicted molar refractivity (Wildman–Crippen MR) is 252 cm³/mol. The fourth-order valence-electron chi connectivity index (χ4n) is 10.1. The Balaban J connectivity index is 1.20. The molecule has 8 aromatic rings. The van der Waals surface area contributed by atoms with Crippen LogP contribution in [-0.2, 0) is 10.8 Å². The summed E-state index contributed by atoms with van der Waals surface area (Å²) in [6, 6.07) is 66.3. The van der Waals surface area contributed by atoms with Crippen LogP contribution >= 0.6 is 0 Å². The first-order valence-electron chi connectivity index (χ1n) is 20.9. The summed E-state index contributed by atoms with van der Waals surface area (Å²) in [6.45, 7) is 11.0. The Labute approximate surface area is 354 Å². The van der Waals surface area contributed by atoms with Crippen LogP contribution in [0.1, 0.15) is 48.6 Å². The number of hydrogen-bond acceptors (Lipinski definition) is 2. The van der Waals surface area contributed by atoms with Crippen LogP contribution in [0.15, 0.2) is 225 Å². The van der Waals surface area contributed by atoms with Gasteiger partial charge in [0.15, 0.2) is 0 Å². The maximum atomic E-state index is 5.37. The fourth-order valence-corrected chi connectivity index (χ4v) is 10.1. The van der Waals surface area contributed by atoms with Gasteiger partial charge in [-0.2, -0.15) is 0 Å². The average molecular weight is 771 g/mol. The van der Waals surface area contributed by atoms with Crippen molar-refractivity contribution in [1.29, 1.82) is 0 Å². The molecule has 0 spiro atoms. The number of aromatic nitrogens is 1. The molecular formula is C58H46N2. The van der Waals surface area contributed by atoms with Gasteiger partial charge in [-0.1, -0.05) is 196 Å². The van der Waals surface area contributed by atoms with Gasteiger partial charge in [0, 0.05) is 28.4 Å². The zero-order chi connectivity index (χ0) is 40.8. The molecule has 0 aliphatic heterocycles. The first-order valence-corrected chi connectivity index (χ1v) is 20.9. The van der Waals surface area contributed by atoms with Gasteiger partial charge in [0.1, 0.15) is 5.82 Å². The maximum Gasteiger partial charge on any atom is 0.145 e. The molecule has 2 heteroatoms. The lowest BCUT2D eigenvalue weighted by Crippen LogP contribution is -2.29. The summed E-state index contributed by atoms with van der Waals surface area (Å²) in [5.74, 6) is 0.879. The van der Waals surface area contributed by atoms with Gasteiger partial charge in [-0.05, 0) is 104 Å². The number of fused-ring (bicyclic) bond motifs is 6. The Morgan fingerprint density at radius 3 is 1.90 bits per heavy atom. The largest absolute Gasteiger partial charge is 0.294 e. The van der Waals surface area contributed by atoms with Gasteiger partial charge in [-0.15, -0.1) is 0 Å². The van der Waals surface area contributed by atoms with Gasteiger partial charge in [0.2, 0.25) is 0 Å². The Hall–Kier alpha value is -7.29. The number of para-hydroxylation sites is 1. The molecule has 60 heavy (non-hydrogen) atoms. The van der Waals surface area contributed by atoms with Gasteiger partial charge >= 0.3 is 0 Å². The van der Waals surface area contributed by atoms with Crippen molar-refractivity contribution < 1.29 is 0 Å². The molecule has 288 valence electrons. The number of anilines is 3. The van der Waals surface area contributed by atoms with Crippen LogP contribution in [0.3, 0.4) is 0 Å². The molecule has 1 unspecified atom stereocenters. The molecule has 0 saturated carbocycles. The van der Waals surface area contributed by atoms with E-state index in [9.17, 15) is 0 Å². The average Bonchev–Trinajstić information content (AvgIpc) is 3.73. The molecule has 2 aliphatic rings. The smallest absolute Gasteiger partial charge is 0.145 e. The molecule has 1 atom stereocenters. The first kappa shape index (κ1) is 37.0. The normalized spacial score (nSPS) is 15.9. The minimum atomic E-state index is -0.610. The summed E-state index contributed by atoms with van der Waals surface area (Å²) in [5, 5.41) is 0. The van der Waals surface area contributed by atoms with Gasteiger partial charge in [0.05, 0.1) is 11.1 Å². The molecule has 7 aromatic carbocycles. The van der Waals surface area contributed by atoms with Crippen molar-refractivity contribution in [3.05, 3.63) is 252 Å². The Morgan fingerprint density at radius 2 is 1.17 bits per heavy atom. The number of rotatable bonds is 9. The van der Waals surface area contributed by atoms with Gasteiger partial charge < -0.3 is 0 Å². The molecule has 0 saturated heterocycles. The predicted octanol–water partition coefficient (Wildman–Crippen LogP) is 15.2. The quantitative estimate of drug-likeness (QED) is 0.136. The topological polar surface area (TPSA) is 16.1 Å². The van der Waals surface area contributed by atoms with Crippen LogP contribution in [-0.4, -0.2) is 4.98 Å². The highest BCUT2D eigenvalue weighted by atomic mass is 15.2. The lowest BCUT2D eigenvalue weighted by molar-refractivity contribution is 0.660. The van der Waals surface area contributed by atoms with E-state index in [1.54, 1.807) is 0 Å². The lowest BCUT2D eigenvalue weighted by atomic mass is 9.67. The van der Waals surface area contributed by atoms with Crippen molar-refractivity contribution in [3.63, 3.8) is 0 Å². The molecule has 2 nitrogen and oxygen atoms in total. The van der Waals surface area contributed by atoms with Crippen molar-refractivity contribution >= 4 is 17.2 Å². The second kappa shape index (κ2) is 14.8. The molecule has 2 aliphatic carbocycles. The maximum absolute atomic E-state index is 5.37. The van der Waals surface area contributed by atoms with Crippen molar-refractivity contribution in [3.8, 4) is 44.5 Å². The van der Waals surface area contributed by atoms with E-state index in [4.69, 9.17) is 4.98 Å². The van der Waals surface area contributed by atoms with Crippen molar-refractivity contribution in [1.82, 2.24) is 4.98 Å². The molecule has 0 bridgehead atoms. The highest BCUT2D eigenvalue weighted by Gasteiger charge is 2.48. The monoisotopic (exact) mass is 770 g/mol. The van der Waals surface area contributed by atoms with Crippen LogP contribution in [0.2, 0.25) is 0 Å². The third-order valence-electron chi connectivity index (χ3n) is 12.7. The number of allylic oxidation sites excluding steroid dienone is 5. The Bertz CT molecular complexity index is 2970. The van der Waals surface area contributed by atoms with E-state index in [-0.39, 0.29) is 5.41 Å². The third kappa shape index (κ3) is 5.67. The molecule has 10 rings (SSSR count). The Morgan fingerprint density at radius 1 is 0.550 bits per heavy atom. The van der Waals surface area contributed by atoms with E-state index in [1.165, 1.54) is 55.6 Å². The SMILES string of the molecule is C=C/C=C(\C=C/C)C1(c2ccccc2)c2ccccc2-c2c1ccnc2N(c1ccc(-c2ccc3c(c2)C(C)(C)c2ccccc2-3)cc1)c1ccccc1-c1ccccc1. The highest BCUT2D eigenvalue weighted by Crippen LogP contribution is 2.60. The minimum Gasteiger partial charge on any atom is -0.294 e. The Kier molecular flexibility index (Phi) is 9.14. The van der Waals surface area contributed by atoms with Crippen molar-refractivity contribution in [2.45, 2.75) is 31.6 Å². The highest BCUT2D eigenvalue weighted by molar-refractivity contribution is 5.98. The van der Waals surface area contributed by atoms with E-state index in [0.717, 1.165) is 39.5 Å². The van der Waals surface area contributed by atoms with E-state index in [0.29, 0.717) is 0 Å². The second-order valence-corrected chi connectivity index (χ2v) is 16.3. The van der Waals surface area contributed by atoms with Crippen LogP contribution in [0.4, 0.5) is 17.2 Å². The molecular weight excluding hydrogens is 725 g/mol. The van der Waals surface area contributed by atoms with Gasteiger partial charge in [0.25, 0.3) is 0 Å². The zero-order valence-electron chi connectivity index (χ0n) is 34.3. The fraction of sp³-hybridized carbons (Fsp3) is 0.0862. The van der Waals surface area contributed by atoms with Crippen LogP contribution in [0.25, 0.3) is 44.5 Å². The summed E-state index contributed by atoms with van der Waals surface area (Å²) >= 11 is 0.